The third kappa shape index (κ3) is 4.62. The van der Waals surface area contributed by atoms with E-state index in [0.29, 0.717) is 17.6 Å². The minimum Gasteiger partial charge on any atom is -0.476 e. The molecule has 0 aliphatic rings. The van der Waals surface area contributed by atoms with E-state index >= 15 is 0 Å². The Kier molecular flexibility index (Phi) is 6.52. The molecule has 0 saturated heterocycles. The van der Waals surface area contributed by atoms with Gasteiger partial charge in [-0.2, -0.15) is 4.98 Å². The Morgan fingerprint density at radius 2 is 1.84 bits per heavy atom. The van der Waals surface area contributed by atoms with E-state index in [0.717, 1.165) is 31.0 Å². The lowest BCUT2D eigenvalue weighted by atomic mass is 10.2. The number of hydrogen-bond acceptors (Lipinski definition) is 4. The van der Waals surface area contributed by atoms with Gasteiger partial charge in [0.15, 0.2) is 0 Å². The van der Waals surface area contributed by atoms with Gasteiger partial charge in [0.05, 0.1) is 0 Å². The van der Waals surface area contributed by atoms with Crippen LogP contribution in [0.1, 0.15) is 45.0 Å². The molecule has 0 unspecified atom stereocenters. The number of halogens is 1. The Balaban J connectivity index is 2.72. The van der Waals surface area contributed by atoms with E-state index in [1.165, 1.54) is 0 Å². The van der Waals surface area contributed by atoms with Gasteiger partial charge in [0.1, 0.15) is 17.6 Å². The molecule has 5 heteroatoms. The molecule has 0 saturated carbocycles. The molecule has 1 aromatic heterocycles. The molecule has 0 spiro atoms. The van der Waals surface area contributed by atoms with Crippen molar-refractivity contribution in [3.05, 3.63) is 16.5 Å². The Bertz CT molecular complexity index is 406. The largest absolute Gasteiger partial charge is 0.476 e. The molecule has 0 fully saturated rings. The second-order valence-corrected chi connectivity index (χ2v) is 5.19. The van der Waals surface area contributed by atoms with Crippen molar-refractivity contribution in [1.82, 2.24) is 14.9 Å². The van der Waals surface area contributed by atoms with E-state index in [1.807, 2.05) is 20.8 Å². The lowest BCUT2D eigenvalue weighted by molar-refractivity contribution is 0.216. The second-order valence-electron chi connectivity index (χ2n) is 4.83. The molecular weight excluding hydrogens is 262 g/mol. The predicted molar refractivity (Wildman–Crippen MR) is 79.2 cm³/mol. The van der Waals surface area contributed by atoms with Crippen LogP contribution in [0, 0.1) is 6.92 Å². The van der Waals surface area contributed by atoms with E-state index < -0.39 is 0 Å². The highest BCUT2D eigenvalue weighted by Crippen LogP contribution is 2.24. The first-order chi connectivity index (χ1) is 8.99. The molecule has 108 valence electrons. The van der Waals surface area contributed by atoms with Crippen molar-refractivity contribution in [2.24, 2.45) is 0 Å². The molecule has 4 nitrogen and oxygen atoms in total. The molecule has 0 aliphatic heterocycles. The Labute approximate surface area is 121 Å². The van der Waals surface area contributed by atoms with E-state index in [9.17, 15) is 0 Å². The molecular formula is C14H24ClN3O. The SMILES string of the molecule is CCN(CC)CCOc1nc(C(C)C)nc(Cl)c1C. The van der Waals surface area contributed by atoms with Gasteiger partial charge in [-0.1, -0.05) is 39.3 Å². The Hall–Kier alpha value is -0.870. The summed E-state index contributed by atoms with van der Waals surface area (Å²) < 4.78 is 5.77. The first-order valence-corrected chi connectivity index (χ1v) is 7.26. The zero-order valence-corrected chi connectivity index (χ0v) is 13.3. The number of rotatable bonds is 7. The summed E-state index contributed by atoms with van der Waals surface area (Å²) in [4.78, 5) is 11.0. The van der Waals surface area contributed by atoms with Gasteiger partial charge in [-0.3, -0.25) is 0 Å². The van der Waals surface area contributed by atoms with Crippen LogP contribution in [-0.2, 0) is 0 Å². The number of aromatic nitrogens is 2. The maximum atomic E-state index is 6.12. The van der Waals surface area contributed by atoms with Gasteiger partial charge in [-0.05, 0) is 20.0 Å². The Morgan fingerprint density at radius 3 is 2.37 bits per heavy atom. The summed E-state index contributed by atoms with van der Waals surface area (Å²) in [6.45, 7) is 13.8. The summed E-state index contributed by atoms with van der Waals surface area (Å²) in [5.74, 6) is 1.58. The molecule has 0 bridgehead atoms. The number of likely N-dealkylation sites (N-methyl/N-ethyl adjacent to an activating group) is 1. The molecule has 0 aliphatic carbocycles. The van der Waals surface area contributed by atoms with Crippen LogP contribution in [0.25, 0.3) is 0 Å². The van der Waals surface area contributed by atoms with Crippen LogP contribution in [0.3, 0.4) is 0 Å². The fraction of sp³-hybridized carbons (Fsp3) is 0.714. The quantitative estimate of drug-likeness (QED) is 0.721. The van der Waals surface area contributed by atoms with Crippen LogP contribution in [0.5, 0.6) is 5.88 Å². The fourth-order valence-corrected chi connectivity index (χ4v) is 1.86. The van der Waals surface area contributed by atoms with Gasteiger partial charge in [0.25, 0.3) is 0 Å². The van der Waals surface area contributed by atoms with Crippen LogP contribution in [0.4, 0.5) is 0 Å². The molecule has 0 atom stereocenters. The summed E-state index contributed by atoms with van der Waals surface area (Å²) in [5, 5.41) is 0.483. The van der Waals surface area contributed by atoms with Gasteiger partial charge in [-0.25, -0.2) is 4.98 Å². The first kappa shape index (κ1) is 16.2. The van der Waals surface area contributed by atoms with Crippen molar-refractivity contribution in [3.8, 4) is 5.88 Å². The van der Waals surface area contributed by atoms with Crippen LogP contribution >= 0.6 is 11.6 Å². The van der Waals surface area contributed by atoms with Gasteiger partial charge >= 0.3 is 0 Å². The van der Waals surface area contributed by atoms with Gasteiger partial charge in [-0.15, -0.1) is 0 Å². The monoisotopic (exact) mass is 285 g/mol. The smallest absolute Gasteiger partial charge is 0.221 e. The predicted octanol–water partition coefficient (Wildman–Crippen LogP) is 3.28. The van der Waals surface area contributed by atoms with Crippen LogP contribution in [-0.4, -0.2) is 41.1 Å². The average molecular weight is 286 g/mol. The van der Waals surface area contributed by atoms with E-state index in [-0.39, 0.29) is 5.92 Å². The molecule has 0 aromatic carbocycles. The summed E-state index contributed by atoms with van der Waals surface area (Å²) in [6, 6.07) is 0. The second kappa shape index (κ2) is 7.65. The maximum Gasteiger partial charge on any atom is 0.221 e. The van der Waals surface area contributed by atoms with Gasteiger partial charge in [0, 0.05) is 18.0 Å². The fourth-order valence-electron chi connectivity index (χ4n) is 1.70. The molecule has 0 radical (unpaired) electrons. The standard InChI is InChI=1S/C14H24ClN3O/c1-6-18(7-2)8-9-19-14-11(5)12(15)16-13(17-14)10(3)4/h10H,6-9H2,1-5H3. The highest BCUT2D eigenvalue weighted by Gasteiger charge is 2.13. The van der Waals surface area contributed by atoms with Crippen molar-refractivity contribution in [2.45, 2.75) is 40.5 Å². The normalized spacial score (nSPS) is 11.4. The Morgan fingerprint density at radius 1 is 1.21 bits per heavy atom. The number of hydrogen-bond donors (Lipinski definition) is 0. The van der Waals surface area contributed by atoms with Gasteiger partial charge < -0.3 is 9.64 Å². The summed E-state index contributed by atoms with van der Waals surface area (Å²) >= 11 is 6.12. The molecule has 1 aromatic rings. The summed E-state index contributed by atoms with van der Waals surface area (Å²) in [5.41, 5.74) is 0.811. The van der Waals surface area contributed by atoms with Crippen molar-refractivity contribution >= 4 is 11.6 Å². The first-order valence-electron chi connectivity index (χ1n) is 6.88. The van der Waals surface area contributed by atoms with Crippen LogP contribution in [0.15, 0.2) is 0 Å². The average Bonchev–Trinajstić information content (AvgIpc) is 2.39. The van der Waals surface area contributed by atoms with E-state index in [1.54, 1.807) is 0 Å². The highest BCUT2D eigenvalue weighted by atomic mass is 35.5. The zero-order valence-electron chi connectivity index (χ0n) is 12.5. The van der Waals surface area contributed by atoms with Crippen molar-refractivity contribution < 1.29 is 4.74 Å². The molecule has 19 heavy (non-hydrogen) atoms. The van der Waals surface area contributed by atoms with Gasteiger partial charge in [0.2, 0.25) is 5.88 Å². The third-order valence-corrected chi connectivity index (χ3v) is 3.48. The molecule has 1 heterocycles. The molecule has 0 N–H and O–H groups in total. The third-order valence-electron chi connectivity index (χ3n) is 3.12. The lowest BCUT2D eigenvalue weighted by Crippen LogP contribution is -2.28. The zero-order chi connectivity index (χ0) is 14.4. The van der Waals surface area contributed by atoms with Crippen molar-refractivity contribution in [2.75, 3.05) is 26.2 Å². The van der Waals surface area contributed by atoms with Crippen LogP contribution in [0.2, 0.25) is 5.15 Å². The van der Waals surface area contributed by atoms with Crippen molar-refractivity contribution in [1.29, 1.82) is 0 Å². The molecule has 1 rings (SSSR count). The highest BCUT2D eigenvalue weighted by molar-refractivity contribution is 6.30. The summed E-state index contributed by atoms with van der Waals surface area (Å²) in [7, 11) is 0. The summed E-state index contributed by atoms with van der Waals surface area (Å²) in [6.07, 6.45) is 0. The number of ether oxygens (including phenoxy) is 1. The van der Waals surface area contributed by atoms with E-state index in [4.69, 9.17) is 16.3 Å². The minimum absolute atomic E-state index is 0.239. The van der Waals surface area contributed by atoms with E-state index in [2.05, 4.69) is 28.7 Å². The topological polar surface area (TPSA) is 38.2 Å². The van der Waals surface area contributed by atoms with Crippen molar-refractivity contribution in [3.63, 3.8) is 0 Å². The van der Waals surface area contributed by atoms with Crippen LogP contribution < -0.4 is 4.74 Å². The molecule has 0 amide bonds. The minimum atomic E-state index is 0.239. The maximum absolute atomic E-state index is 6.12. The number of nitrogens with zero attached hydrogens (tertiary/aromatic N) is 3. The lowest BCUT2D eigenvalue weighted by Gasteiger charge is -2.18.